The molecule has 0 aliphatic carbocycles. The molecule has 1 aromatic heterocycles. The van der Waals surface area contributed by atoms with Gasteiger partial charge in [-0.05, 0) is 18.6 Å². The van der Waals surface area contributed by atoms with E-state index in [1.165, 1.54) is 18.3 Å². The highest BCUT2D eigenvalue weighted by molar-refractivity contribution is 7.13. The Kier molecular flexibility index (Phi) is 4.70. The van der Waals surface area contributed by atoms with Crippen LogP contribution in [0, 0.1) is 0 Å². The van der Waals surface area contributed by atoms with E-state index < -0.39 is 5.97 Å². The summed E-state index contributed by atoms with van der Waals surface area (Å²) in [6.07, 6.45) is 0.765. The molecule has 2 rings (SSSR count). The molecule has 0 fully saturated rings. The van der Waals surface area contributed by atoms with Crippen molar-refractivity contribution in [1.82, 2.24) is 10.3 Å². The highest BCUT2D eigenvalue weighted by Gasteiger charge is 2.15. The van der Waals surface area contributed by atoms with E-state index in [1.54, 1.807) is 24.3 Å². The molecule has 5 nitrogen and oxygen atoms in total. The molecule has 1 heterocycles. The molecule has 1 aromatic carbocycles. The number of amides is 1. The molecule has 110 valence electrons. The lowest BCUT2D eigenvalue weighted by Crippen LogP contribution is -2.25. The zero-order chi connectivity index (χ0) is 15.4. The van der Waals surface area contributed by atoms with Gasteiger partial charge in [-0.2, -0.15) is 0 Å². The van der Waals surface area contributed by atoms with Crippen molar-refractivity contribution in [2.45, 2.75) is 26.3 Å². The molecule has 21 heavy (non-hydrogen) atoms. The number of rotatable bonds is 5. The van der Waals surface area contributed by atoms with Crippen molar-refractivity contribution in [3.05, 3.63) is 40.9 Å². The number of hydrogen-bond acceptors (Lipinski definition) is 4. The van der Waals surface area contributed by atoms with Crippen LogP contribution in [0.3, 0.4) is 0 Å². The maximum absolute atomic E-state index is 11.2. The molecule has 0 aliphatic rings. The molecule has 0 bridgehead atoms. The van der Waals surface area contributed by atoms with Gasteiger partial charge in [0.15, 0.2) is 0 Å². The van der Waals surface area contributed by atoms with Gasteiger partial charge in [0.25, 0.3) is 0 Å². The van der Waals surface area contributed by atoms with Gasteiger partial charge in [0.05, 0.1) is 17.3 Å². The molecule has 1 atom stereocenters. The fraction of sp³-hybridized carbons (Fsp3) is 0.267. The van der Waals surface area contributed by atoms with E-state index in [0.29, 0.717) is 0 Å². The van der Waals surface area contributed by atoms with E-state index in [9.17, 15) is 9.59 Å². The van der Waals surface area contributed by atoms with Crippen LogP contribution in [-0.2, 0) is 4.79 Å². The molecular formula is C15H16N2O3S. The first-order chi connectivity index (χ1) is 10.0. The Hall–Kier alpha value is -2.21. The van der Waals surface area contributed by atoms with Crippen LogP contribution < -0.4 is 5.32 Å². The number of carboxylic acids is 1. The molecular weight excluding hydrogens is 288 g/mol. The second kappa shape index (κ2) is 6.49. The lowest BCUT2D eigenvalue weighted by Gasteiger charge is -2.12. The summed E-state index contributed by atoms with van der Waals surface area (Å²) < 4.78 is 0. The van der Waals surface area contributed by atoms with Crippen molar-refractivity contribution in [1.29, 1.82) is 0 Å². The van der Waals surface area contributed by atoms with Crippen molar-refractivity contribution in [3.8, 4) is 10.6 Å². The summed E-state index contributed by atoms with van der Waals surface area (Å²) in [5.41, 5.74) is 1.95. The third-order valence-electron chi connectivity index (χ3n) is 3.04. The minimum Gasteiger partial charge on any atom is -0.478 e. The molecule has 0 saturated carbocycles. The summed E-state index contributed by atoms with van der Waals surface area (Å²) in [7, 11) is 0. The van der Waals surface area contributed by atoms with Crippen molar-refractivity contribution < 1.29 is 14.7 Å². The molecule has 2 aromatic rings. The summed E-state index contributed by atoms with van der Waals surface area (Å²) in [4.78, 5) is 26.5. The van der Waals surface area contributed by atoms with Gasteiger partial charge in [0, 0.05) is 17.9 Å². The van der Waals surface area contributed by atoms with Crippen LogP contribution in [0.25, 0.3) is 10.6 Å². The first-order valence-corrected chi connectivity index (χ1v) is 7.45. The van der Waals surface area contributed by atoms with Gasteiger partial charge < -0.3 is 10.4 Å². The standard InChI is InChI=1S/C15H16N2O3S/c1-3-12(16-9(2)18)13-8-21-14(17-13)10-4-6-11(7-5-10)15(19)20/h4-8,12H,3H2,1-2H3,(H,16,18)(H,19,20). The maximum atomic E-state index is 11.2. The molecule has 1 amide bonds. The van der Waals surface area contributed by atoms with Gasteiger partial charge >= 0.3 is 5.97 Å². The van der Waals surface area contributed by atoms with Crippen LogP contribution in [0.4, 0.5) is 0 Å². The van der Waals surface area contributed by atoms with Crippen molar-refractivity contribution in [2.75, 3.05) is 0 Å². The number of nitrogens with zero attached hydrogens (tertiary/aromatic N) is 1. The number of thiazole rings is 1. The van der Waals surface area contributed by atoms with E-state index in [-0.39, 0.29) is 17.5 Å². The van der Waals surface area contributed by atoms with Gasteiger partial charge in [-0.25, -0.2) is 9.78 Å². The van der Waals surface area contributed by atoms with E-state index in [1.807, 2.05) is 12.3 Å². The number of carboxylic acid groups (broad SMARTS) is 1. The molecule has 2 N–H and O–H groups in total. The van der Waals surface area contributed by atoms with Gasteiger partial charge in [-0.15, -0.1) is 11.3 Å². The number of carbonyl (C=O) groups is 2. The number of aromatic carboxylic acids is 1. The average molecular weight is 304 g/mol. The minimum absolute atomic E-state index is 0.0813. The van der Waals surface area contributed by atoms with Gasteiger partial charge in [-0.3, -0.25) is 4.79 Å². The first-order valence-electron chi connectivity index (χ1n) is 6.57. The highest BCUT2D eigenvalue weighted by Crippen LogP contribution is 2.27. The number of carbonyl (C=O) groups excluding carboxylic acids is 1. The zero-order valence-corrected chi connectivity index (χ0v) is 12.6. The van der Waals surface area contributed by atoms with E-state index in [0.717, 1.165) is 22.7 Å². The Balaban J connectivity index is 2.22. The third kappa shape index (κ3) is 3.66. The van der Waals surface area contributed by atoms with E-state index >= 15 is 0 Å². The van der Waals surface area contributed by atoms with Crippen LogP contribution >= 0.6 is 11.3 Å². The van der Waals surface area contributed by atoms with Gasteiger partial charge in [0.1, 0.15) is 5.01 Å². The summed E-state index contributed by atoms with van der Waals surface area (Å²) >= 11 is 1.48. The summed E-state index contributed by atoms with van der Waals surface area (Å²) in [5.74, 6) is -1.03. The fourth-order valence-corrected chi connectivity index (χ4v) is 2.84. The summed E-state index contributed by atoms with van der Waals surface area (Å²) in [6.45, 7) is 3.47. The lowest BCUT2D eigenvalue weighted by molar-refractivity contribution is -0.119. The molecule has 0 spiro atoms. The number of aromatic nitrogens is 1. The number of benzene rings is 1. The molecule has 6 heteroatoms. The smallest absolute Gasteiger partial charge is 0.335 e. The lowest BCUT2D eigenvalue weighted by atomic mass is 10.1. The highest BCUT2D eigenvalue weighted by atomic mass is 32.1. The second-order valence-electron chi connectivity index (χ2n) is 4.62. The largest absolute Gasteiger partial charge is 0.478 e. The first kappa shape index (κ1) is 15.2. The fourth-order valence-electron chi connectivity index (χ4n) is 1.96. The Bertz CT molecular complexity index is 649. The van der Waals surface area contributed by atoms with Gasteiger partial charge in [0.2, 0.25) is 5.91 Å². The summed E-state index contributed by atoms with van der Waals surface area (Å²) in [6, 6.07) is 6.51. The van der Waals surface area contributed by atoms with Crippen LogP contribution in [0.15, 0.2) is 29.6 Å². The van der Waals surface area contributed by atoms with Crippen LogP contribution in [0.5, 0.6) is 0 Å². The topological polar surface area (TPSA) is 79.3 Å². The van der Waals surface area contributed by atoms with Crippen molar-refractivity contribution in [2.24, 2.45) is 0 Å². The van der Waals surface area contributed by atoms with Crippen LogP contribution in [0.1, 0.15) is 42.4 Å². The predicted octanol–water partition coefficient (Wildman–Crippen LogP) is 3.10. The molecule has 0 aliphatic heterocycles. The number of hydrogen-bond donors (Lipinski definition) is 2. The molecule has 0 saturated heterocycles. The van der Waals surface area contributed by atoms with Crippen LogP contribution in [-0.4, -0.2) is 22.0 Å². The van der Waals surface area contributed by atoms with Crippen molar-refractivity contribution in [3.63, 3.8) is 0 Å². The Morgan fingerprint density at radius 1 is 1.33 bits per heavy atom. The predicted molar refractivity (Wildman–Crippen MR) is 81.4 cm³/mol. The average Bonchev–Trinajstić information content (AvgIpc) is 2.94. The van der Waals surface area contributed by atoms with Gasteiger partial charge in [-0.1, -0.05) is 19.1 Å². The molecule has 0 radical (unpaired) electrons. The Labute approximate surface area is 126 Å². The van der Waals surface area contributed by atoms with E-state index in [4.69, 9.17) is 5.11 Å². The quantitative estimate of drug-likeness (QED) is 0.889. The monoisotopic (exact) mass is 304 g/mol. The third-order valence-corrected chi connectivity index (χ3v) is 3.95. The second-order valence-corrected chi connectivity index (χ2v) is 5.48. The van der Waals surface area contributed by atoms with Crippen molar-refractivity contribution >= 4 is 23.2 Å². The van der Waals surface area contributed by atoms with E-state index in [2.05, 4.69) is 10.3 Å². The molecule has 1 unspecified atom stereocenters. The maximum Gasteiger partial charge on any atom is 0.335 e. The summed E-state index contributed by atoms with van der Waals surface area (Å²) in [5, 5.41) is 14.5. The Morgan fingerprint density at radius 2 is 2.00 bits per heavy atom. The normalized spacial score (nSPS) is 11.9. The SMILES string of the molecule is CCC(NC(C)=O)c1csc(-c2ccc(C(=O)O)cc2)n1. The Morgan fingerprint density at radius 3 is 2.52 bits per heavy atom. The van der Waals surface area contributed by atoms with Crippen LogP contribution in [0.2, 0.25) is 0 Å². The minimum atomic E-state index is -0.946. The number of nitrogens with one attached hydrogen (secondary N) is 1. The zero-order valence-electron chi connectivity index (χ0n) is 11.8.